The van der Waals surface area contributed by atoms with E-state index in [2.05, 4.69) is 10.5 Å². The van der Waals surface area contributed by atoms with Crippen LogP contribution in [0.4, 0.5) is 5.69 Å². The lowest BCUT2D eigenvalue weighted by atomic mass is 9.99. The lowest BCUT2D eigenvalue weighted by Crippen LogP contribution is -2.36. The number of hydrogen-bond acceptors (Lipinski definition) is 6. The Morgan fingerprint density at radius 2 is 1.91 bits per heavy atom. The minimum atomic E-state index is -0.924. The number of carbonyl (C=O) groups is 3. The average molecular weight is 315 g/mol. The molecule has 23 heavy (non-hydrogen) atoms. The number of carbonyl (C=O) groups excluding carboxylic acids is 3. The maximum Gasteiger partial charge on any atom is 0.355 e. The fourth-order valence-corrected chi connectivity index (χ4v) is 2.80. The number of hydrogen-bond donors (Lipinski definition) is 1. The van der Waals surface area contributed by atoms with Gasteiger partial charge in [0.2, 0.25) is 5.91 Å². The second kappa shape index (κ2) is 5.83. The molecule has 3 rings (SSSR count). The van der Waals surface area contributed by atoms with Crippen LogP contribution in [0.25, 0.3) is 0 Å². The van der Waals surface area contributed by atoms with E-state index in [4.69, 9.17) is 4.74 Å². The molecule has 2 aliphatic heterocycles. The summed E-state index contributed by atoms with van der Waals surface area (Å²) in [6.07, 6.45) is 0.870. The largest absolute Gasteiger partial charge is 0.461 e. The zero-order valence-corrected chi connectivity index (χ0v) is 12.9. The van der Waals surface area contributed by atoms with Crippen molar-refractivity contribution in [1.82, 2.24) is 5.43 Å². The van der Waals surface area contributed by atoms with E-state index in [1.165, 1.54) is 0 Å². The van der Waals surface area contributed by atoms with Gasteiger partial charge in [-0.15, -0.1) is 0 Å². The van der Waals surface area contributed by atoms with Crippen molar-refractivity contribution in [2.75, 3.05) is 11.5 Å². The van der Waals surface area contributed by atoms with Crippen LogP contribution in [0.5, 0.6) is 0 Å². The van der Waals surface area contributed by atoms with Crippen molar-refractivity contribution in [1.29, 1.82) is 0 Å². The fourth-order valence-electron chi connectivity index (χ4n) is 2.80. The van der Waals surface area contributed by atoms with E-state index in [9.17, 15) is 14.4 Å². The maximum absolute atomic E-state index is 12.6. The summed E-state index contributed by atoms with van der Waals surface area (Å²) in [5.41, 5.74) is 4.15. The number of rotatable bonds is 4. The SMILES string of the molecule is CCOC(=O)C1=NN[C@H]2C(=O)N(c3ccc(CC)cc3)C(=O)[C@H]12. The first kappa shape index (κ1) is 15.2. The van der Waals surface area contributed by atoms with Gasteiger partial charge in [0.05, 0.1) is 12.3 Å². The Balaban J connectivity index is 1.88. The van der Waals surface area contributed by atoms with Crippen LogP contribution >= 0.6 is 0 Å². The van der Waals surface area contributed by atoms with Crippen LogP contribution in [0.15, 0.2) is 29.4 Å². The Bertz CT molecular complexity index is 696. The second-order valence-corrected chi connectivity index (χ2v) is 5.33. The molecule has 1 N–H and O–H groups in total. The van der Waals surface area contributed by atoms with Crippen molar-refractivity contribution < 1.29 is 19.1 Å². The highest BCUT2D eigenvalue weighted by atomic mass is 16.5. The molecule has 2 atom stereocenters. The molecule has 0 bridgehead atoms. The molecular weight excluding hydrogens is 298 g/mol. The predicted octanol–water partition coefficient (Wildman–Crippen LogP) is 0.629. The fraction of sp³-hybridized carbons (Fsp3) is 0.375. The number of nitrogens with zero attached hydrogens (tertiary/aromatic N) is 2. The van der Waals surface area contributed by atoms with Crippen molar-refractivity contribution in [2.45, 2.75) is 26.3 Å². The number of hydrazone groups is 1. The molecule has 1 saturated heterocycles. The number of benzene rings is 1. The number of aryl methyl sites for hydroxylation is 1. The normalized spacial score (nSPS) is 22.7. The smallest absolute Gasteiger partial charge is 0.355 e. The lowest BCUT2D eigenvalue weighted by Gasteiger charge is -2.16. The molecule has 120 valence electrons. The van der Waals surface area contributed by atoms with E-state index in [1.807, 2.05) is 19.1 Å². The van der Waals surface area contributed by atoms with Gasteiger partial charge in [-0.1, -0.05) is 19.1 Å². The van der Waals surface area contributed by atoms with Gasteiger partial charge < -0.3 is 4.74 Å². The average Bonchev–Trinajstić information content (AvgIpc) is 3.09. The molecule has 2 aliphatic rings. The zero-order valence-electron chi connectivity index (χ0n) is 12.9. The summed E-state index contributed by atoms with van der Waals surface area (Å²) in [5, 5.41) is 3.82. The Morgan fingerprint density at radius 3 is 2.52 bits per heavy atom. The van der Waals surface area contributed by atoms with Gasteiger partial charge in [0.15, 0.2) is 5.71 Å². The van der Waals surface area contributed by atoms with E-state index in [0.717, 1.165) is 16.9 Å². The van der Waals surface area contributed by atoms with Crippen molar-refractivity contribution >= 4 is 29.2 Å². The van der Waals surface area contributed by atoms with E-state index < -0.39 is 29.7 Å². The molecule has 1 aromatic carbocycles. The summed E-state index contributed by atoms with van der Waals surface area (Å²) in [7, 11) is 0. The van der Waals surface area contributed by atoms with Crippen LogP contribution in [0, 0.1) is 5.92 Å². The minimum Gasteiger partial charge on any atom is -0.461 e. The molecule has 0 spiro atoms. The van der Waals surface area contributed by atoms with E-state index in [-0.39, 0.29) is 12.3 Å². The molecule has 2 amide bonds. The van der Waals surface area contributed by atoms with Gasteiger partial charge >= 0.3 is 5.97 Å². The van der Waals surface area contributed by atoms with Crippen LogP contribution in [0.2, 0.25) is 0 Å². The molecule has 0 aliphatic carbocycles. The lowest BCUT2D eigenvalue weighted by molar-refractivity contribution is -0.136. The quantitative estimate of drug-likeness (QED) is 0.650. The summed E-state index contributed by atoms with van der Waals surface area (Å²) < 4.78 is 4.90. The Hall–Kier alpha value is -2.70. The van der Waals surface area contributed by atoms with E-state index in [0.29, 0.717) is 5.69 Å². The molecule has 2 heterocycles. The minimum absolute atomic E-state index is 0.0390. The van der Waals surface area contributed by atoms with E-state index in [1.54, 1.807) is 19.1 Å². The van der Waals surface area contributed by atoms with Crippen LogP contribution in [-0.2, 0) is 25.5 Å². The highest BCUT2D eigenvalue weighted by Crippen LogP contribution is 2.31. The van der Waals surface area contributed by atoms with Gasteiger partial charge in [-0.2, -0.15) is 5.10 Å². The van der Waals surface area contributed by atoms with Gasteiger partial charge in [-0.05, 0) is 31.0 Å². The van der Waals surface area contributed by atoms with Gasteiger partial charge in [0, 0.05) is 0 Å². The molecule has 7 nitrogen and oxygen atoms in total. The summed E-state index contributed by atoms with van der Waals surface area (Å²) in [5.74, 6) is -2.46. The molecule has 1 fully saturated rings. The van der Waals surface area contributed by atoms with Gasteiger partial charge in [0.1, 0.15) is 12.0 Å². The van der Waals surface area contributed by atoms with Crippen molar-refractivity contribution in [3.63, 3.8) is 0 Å². The Labute approximate surface area is 133 Å². The number of fused-ring (bicyclic) bond motifs is 1. The third-order valence-corrected chi connectivity index (χ3v) is 4.01. The van der Waals surface area contributed by atoms with Gasteiger partial charge in [-0.3, -0.25) is 15.0 Å². The monoisotopic (exact) mass is 315 g/mol. The van der Waals surface area contributed by atoms with Crippen LogP contribution < -0.4 is 10.3 Å². The molecule has 1 aromatic rings. The number of anilines is 1. The standard InChI is InChI=1S/C16H17N3O4/c1-3-9-5-7-10(8-6-9)19-14(20)11-12(15(19)21)17-18-13(11)16(22)23-4-2/h5-8,11-12,17H,3-4H2,1-2H3/t11-,12+/m0/s1. The highest BCUT2D eigenvalue weighted by Gasteiger charge is 2.55. The first-order chi connectivity index (χ1) is 11.1. The third kappa shape index (κ3) is 2.38. The molecule has 7 heteroatoms. The second-order valence-electron chi connectivity index (χ2n) is 5.33. The summed E-state index contributed by atoms with van der Waals surface area (Å²) in [6.45, 7) is 3.87. The zero-order chi connectivity index (χ0) is 16.6. The van der Waals surface area contributed by atoms with Gasteiger partial charge in [-0.25, -0.2) is 9.69 Å². The van der Waals surface area contributed by atoms with Crippen molar-refractivity contribution in [3.05, 3.63) is 29.8 Å². The molecule has 0 aromatic heterocycles. The Morgan fingerprint density at radius 1 is 1.22 bits per heavy atom. The first-order valence-corrected chi connectivity index (χ1v) is 7.55. The van der Waals surface area contributed by atoms with E-state index >= 15 is 0 Å². The van der Waals surface area contributed by atoms with Gasteiger partial charge in [0.25, 0.3) is 5.91 Å². The topological polar surface area (TPSA) is 88.1 Å². The van der Waals surface area contributed by atoms with Crippen molar-refractivity contribution in [3.8, 4) is 0 Å². The van der Waals surface area contributed by atoms with Crippen LogP contribution in [0.3, 0.4) is 0 Å². The van der Waals surface area contributed by atoms with Crippen LogP contribution in [0.1, 0.15) is 19.4 Å². The first-order valence-electron chi connectivity index (χ1n) is 7.55. The maximum atomic E-state index is 12.6. The predicted molar refractivity (Wildman–Crippen MR) is 82.8 cm³/mol. The number of esters is 1. The number of amides is 2. The summed E-state index contributed by atoms with van der Waals surface area (Å²) in [4.78, 5) is 38.1. The molecule has 0 unspecified atom stereocenters. The Kier molecular flexibility index (Phi) is 3.85. The summed E-state index contributed by atoms with van der Waals surface area (Å²) >= 11 is 0. The number of ether oxygens (including phenoxy) is 1. The molecular formula is C16H17N3O4. The third-order valence-electron chi connectivity index (χ3n) is 4.01. The van der Waals surface area contributed by atoms with Crippen molar-refractivity contribution in [2.24, 2.45) is 11.0 Å². The van der Waals surface area contributed by atoms with Crippen LogP contribution in [-0.4, -0.2) is 36.1 Å². The highest BCUT2D eigenvalue weighted by molar-refractivity contribution is 6.46. The summed E-state index contributed by atoms with van der Waals surface area (Å²) in [6, 6.07) is 6.37. The molecule has 0 saturated carbocycles. The number of imide groups is 1. The number of nitrogens with one attached hydrogen (secondary N) is 1. The molecule has 0 radical (unpaired) electrons.